The zero-order valence-electron chi connectivity index (χ0n) is 11.7. The number of hydrogen-bond donors (Lipinski definition) is 0. The van der Waals surface area contributed by atoms with Gasteiger partial charge in [-0.1, -0.05) is 40.0 Å². The Morgan fingerprint density at radius 2 is 1.47 bits per heavy atom. The average molecular weight is 247 g/mol. The fraction of sp³-hybridized carbons (Fsp3) is 1.00. The van der Waals surface area contributed by atoms with Gasteiger partial charge in [-0.05, 0) is 37.8 Å². The highest BCUT2D eigenvalue weighted by molar-refractivity contribution is 6.85. The third kappa shape index (κ3) is 6.53. The Morgan fingerprint density at radius 1 is 0.867 bits per heavy atom. The minimum absolute atomic E-state index is 1.28. The predicted molar refractivity (Wildman–Crippen MR) is 75.5 cm³/mol. The molecule has 0 aromatic rings. The van der Waals surface area contributed by atoms with Crippen LogP contribution in [0.15, 0.2) is 0 Å². The van der Waals surface area contributed by atoms with E-state index in [0.717, 1.165) is 0 Å². The molecule has 0 aromatic heterocycles. The van der Waals surface area contributed by atoms with Crippen LogP contribution >= 0.6 is 0 Å². The fourth-order valence-electron chi connectivity index (χ4n) is 2.15. The fourth-order valence-corrected chi connectivity index (χ4v) is 11.5. The zero-order valence-corrected chi connectivity index (χ0v) is 13.7. The first-order valence-corrected chi connectivity index (χ1v) is 12.5. The monoisotopic (exact) mass is 246 g/mol. The molecular formula is C12H30OSi2. The van der Waals surface area contributed by atoms with E-state index in [1.54, 1.807) is 0 Å². The SMILES string of the molecule is CCCC[Si](C)(C)O[Si](C)(CC)CCC. The van der Waals surface area contributed by atoms with Gasteiger partial charge < -0.3 is 4.12 Å². The van der Waals surface area contributed by atoms with Gasteiger partial charge in [-0.3, -0.25) is 0 Å². The van der Waals surface area contributed by atoms with Gasteiger partial charge in [0.05, 0.1) is 0 Å². The van der Waals surface area contributed by atoms with Crippen molar-refractivity contribution in [3.05, 3.63) is 0 Å². The third-order valence-corrected chi connectivity index (χ3v) is 12.0. The largest absolute Gasteiger partial charge is 0.455 e. The van der Waals surface area contributed by atoms with E-state index in [0.29, 0.717) is 0 Å². The molecule has 0 aliphatic rings. The normalized spacial score (nSPS) is 16.4. The van der Waals surface area contributed by atoms with E-state index in [9.17, 15) is 0 Å². The Balaban J connectivity index is 4.25. The van der Waals surface area contributed by atoms with E-state index in [1.807, 2.05) is 0 Å². The molecule has 0 heterocycles. The quantitative estimate of drug-likeness (QED) is 0.547. The second kappa shape index (κ2) is 6.87. The van der Waals surface area contributed by atoms with Crippen LogP contribution in [0.2, 0.25) is 37.8 Å². The lowest BCUT2D eigenvalue weighted by molar-refractivity contribution is 0.523. The molecule has 0 bridgehead atoms. The minimum Gasteiger partial charge on any atom is -0.455 e. The zero-order chi connectivity index (χ0) is 11.9. The maximum absolute atomic E-state index is 6.59. The van der Waals surface area contributed by atoms with Crippen LogP contribution in [0.25, 0.3) is 0 Å². The molecule has 0 rings (SSSR count). The summed E-state index contributed by atoms with van der Waals surface area (Å²) in [5.74, 6) is 0. The van der Waals surface area contributed by atoms with Crippen molar-refractivity contribution in [1.29, 1.82) is 0 Å². The molecule has 0 spiro atoms. The molecule has 0 saturated heterocycles. The highest BCUT2D eigenvalue weighted by Crippen LogP contribution is 2.26. The smallest absolute Gasteiger partial charge is 0.176 e. The average Bonchev–Trinajstić information content (AvgIpc) is 2.14. The second-order valence-corrected chi connectivity index (χ2v) is 14.5. The minimum atomic E-state index is -1.36. The maximum Gasteiger partial charge on any atom is 0.176 e. The molecule has 0 amide bonds. The molecule has 0 radical (unpaired) electrons. The molecule has 3 heteroatoms. The van der Waals surface area contributed by atoms with Crippen molar-refractivity contribution in [1.82, 2.24) is 0 Å². The van der Waals surface area contributed by atoms with Crippen molar-refractivity contribution >= 4 is 16.6 Å². The van der Waals surface area contributed by atoms with Gasteiger partial charge in [-0.25, -0.2) is 0 Å². The summed E-state index contributed by atoms with van der Waals surface area (Å²) in [7, 11) is -2.70. The van der Waals surface area contributed by atoms with Gasteiger partial charge in [0.25, 0.3) is 0 Å². The van der Waals surface area contributed by atoms with Gasteiger partial charge in [0.1, 0.15) is 0 Å². The Labute approximate surface area is 98.9 Å². The molecule has 15 heavy (non-hydrogen) atoms. The van der Waals surface area contributed by atoms with E-state index in [-0.39, 0.29) is 0 Å². The summed E-state index contributed by atoms with van der Waals surface area (Å²) in [6.07, 6.45) is 3.94. The summed E-state index contributed by atoms with van der Waals surface area (Å²) >= 11 is 0. The Morgan fingerprint density at radius 3 is 1.87 bits per heavy atom. The Hall–Kier alpha value is 0.394. The van der Waals surface area contributed by atoms with Crippen LogP contribution in [-0.2, 0) is 4.12 Å². The van der Waals surface area contributed by atoms with Crippen LogP contribution in [0.3, 0.4) is 0 Å². The lowest BCUT2D eigenvalue weighted by Crippen LogP contribution is -2.45. The number of unbranched alkanes of at least 4 members (excludes halogenated alkanes) is 1. The van der Waals surface area contributed by atoms with Crippen molar-refractivity contribution in [3.63, 3.8) is 0 Å². The highest BCUT2D eigenvalue weighted by Gasteiger charge is 2.33. The molecular weight excluding hydrogens is 216 g/mol. The Kier molecular flexibility index (Phi) is 7.05. The van der Waals surface area contributed by atoms with Crippen LogP contribution in [0.1, 0.15) is 40.0 Å². The van der Waals surface area contributed by atoms with Crippen LogP contribution < -0.4 is 0 Å². The number of rotatable bonds is 8. The Bertz CT molecular complexity index is 171. The summed E-state index contributed by atoms with van der Waals surface area (Å²) in [4.78, 5) is 0. The van der Waals surface area contributed by atoms with E-state index in [4.69, 9.17) is 4.12 Å². The number of hydrogen-bond acceptors (Lipinski definition) is 1. The molecule has 0 fully saturated rings. The molecule has 0 aromatic carbocycles. The standard InChI is InChI=1S/C12H30OSi2/c1-7-10-12-14(4,5)13-15(6,9-3)11-8-2/h7-12H2,1-6H3. The first-order chi connectivity index (χ1) is 6.89. The summed E-state index contributed by atoms with van der Waals surface area (Å²) in [6, 6.07) is 3.96. The van der Waals surface area contributed by atoms with Crippen molar-refractivity contribution in [3.8, 4) is 0 Å². The lowest BCUT2D eigenvalue weighted by Gasteiger charge is -2.36. The first-order valence-electron chi connectivity index (χ1n) is 6.59. The summed E-state index contributed by atoms with van der Waals surface area (Å²) in [5.41, 5.74) is 0. The molecule has 0 aliphatic carbocycles. The molecule has 0 aliphatic heterocycles. The van der Waals surface area contributed by atoms with E-state index < -0.39 is 16.6 Å². The molecule has 1 atom stereocenters. The highest BCUT2D eigenvalue weighted by atomic mass is 28.4. The van der Waals surface area contributed by atoms with Crippen LogP contribution in [0, 0.1) is 0 Å². The summed E-state index contributed by atoms with van der Waals surface area (Å²) in [5, 5.41) is 0. The maximum atomic E-state index is 6.59. The van der Waals surface area contributed by atoms with Gasteiger partial charge in [-0.2, -0.15) is 0 Å². The van der Waals surface area contributed by atoms with Crippen LogP contribution in [0.5, 0.6) is 0 Å². The summed E-state index contributed by atoms with van der Waals surface area (Å²) in [6.45, 7) is 14.1. The van der Waals surface area contributed by atoms with Gasteiger partial charge in [0, 0.05) is 0 Å². The molecule has 0 saturated carbocycles. The second-order valence-electron chi connectivity index (χ2n) is 5.52. The van der Waals surface area contributed by atoms with E-state index in [1.165, 1.54) is 37.4 Å². The van der Waals surface area contributed by atoms with Crippen molar-refractivity contribution in [2.24, 2.45) is 0 Å². The van der Waals surface area contributed by atoms with Crippen molar-refractivity contribution < 1.29 is 4.12 Å². The van der Waals surface area contributed by atoms with Gasteiger partial charge >= 0.3 is 0 Å². The van der Waals surface area contributed by atoms with E-state index >= 15 is 0 Å². The van der Waals surface area contributed by atoms with E-state index in [2.05, 4.69) is 40.4 Å². The molecule has 1 nitrogen and oxygen atoms in total. The molecule has 0 N–H and O–H groups in total. The van der Waals surface area contributed by atoms with Crippen molar-refractivity contribution in [2.75, 3.05) is 0 Å². The van der Waals surface area contributed by atoms with Gasteiger partial charge in [-0.15, -0.1) is 0 Å². The topological polar surface area (TPSA) is 9.23 Å². The first kappa shape index (κ1) is 15.4. The lowest BCUT2D eigenvalue weighted by atomic mass is 10.4. The predicted octanol–water partition coefficient (Wildman–Crippen LogP) is 5.01. The van der Waals surface area contributed by atoms with Gasteiger partial charge in [0.15, 0.2) is 16.6 Å². The van der Waals surface area contributed by atoms with Crippen LogP contribution in [0.4, 0.5) is 0 Å². The third-order valence-electron chi connectivity index (χ3n) is 3.18. The van der Waals surface area contributed by atoms with Crippen LogP contribution in [-0.4, -0.2) is 16.6 Å². The molecule has 1 unspecified atom stereocenters. The van der Waals surface area contributed by atoms with Gasteiger partial charge in [0.2, 0.25) is 0 Å². The molecule has 92 valence electrons. The summed E-state index contributed by atoms with van der Waals surface area (Å²) < 4.78 is 6.59. The van der Waals surface area contributed by atoms with Crippen molar-refractivity contribution in [2.45, 2.75) is 77.8 Å².